The molecule has 1 amide bonds. The van der Waals surface area contributed by atoms with Crippen LogP contribution < -0.4 is 9.75 Å². The standard InChI is InChI=1S/C18H20N4O3S/c1-5-15-19-16-18(21(15)11(3)23)26-17(20-22(16)12(4)24)13-7-9-14(10-8-13)25-6-2/h7-10H,5-6H2,1-4H3. The Bertz CT molecular complexity index is 887. The van der Waals surface area contributed by atoms with Gasteiger partial charge >= 0.3 is 0 Å². The number of imidazole rings is 1. The first kappa shape index (κ1) is 18.2. The van der Waals surface area contributed by atoms with Crippen molar-refractivity contribution in [1.82, 2.24) is 9.55 Å². The number of nitrogens with zero attached hydrogens (tertiary/aromatic N) is 4. The highest BCUT2D eigenvalue weighted by Gasteiger charge is 2.31. The molecule has 2 heterocycles. The number of hydrogen-bond acceptors (Lipinski definition) is 6. The molecule has 1 aliphatic rings. The smallest absolute Gasteiger partial charge is 0.245 e. The van der Waals surface area contributed by atoms with E-state index in [4.69, 9.17) is 4.74 Å². The molecule has 0 N–H and O–H groups in total. The van der Waals surface area contributed by atoms with E-state index in [0.717, 1.165) is 11.3 Å². The molecule has 3 rings (SSSR count). The fourth-order valence-electron chi connectivity index (χ4n) is 2.68. The summed E-state index contributed by atoms with van der Waals surface area (Å²) in [7, 11) is 0. The van der Waals surface area contributed by atoms with E-state index >= 15 is 0 Å². The molecule has 0 radical (unpaired) electrons. The van der Waals surface area contributed by atoms with Crippen molar-refractivity contribution >= 4 is 34.4 Å². The highest BCUT2D eigenvalue weighted by molar-refractivity contribution is 8.14. The Balaban J connectivity index is 2.06. The number of amides is 1. The van der Waals surface area contributed by atoms with Crippen LogP contribution in [0.1, 0.15) is 43.9 Å². The van der Waals surface area contributed by atoms with Crippen LogP contribution in [0.25, 0.3) is 0 Å². The maximum absolute atomic E-state index is 12.1. The van der Waals surface area contributed by atoms with Crippen molar-refractivity contribution in [3.8, 4) is 5.75 Å². The second kappa shape index (κ2) is 7.33. The number of carbonyl (C=O) groups excluding carboxylic acids is 2. The molecule has 0 saturated carbocycles. The molecular formula is C18H20N4O3S. The van der Waals surface area contributed by atoms with Crippen LogP contribution in [0.5, 0.6) is 5.75 Å². The van der Waals surface area contributed by atoms with Crippen LogP contribution in [0.2, 0.25) is 0 Å². The van der Waals surface area contributed by atoms with Crippen LogP contribution in [-0.2, 0) is 11.2 Å². The lowest BCUT2D eigenvalue weighted by molar-refractivity contribution is -0.116. The van der Waals surface area contributed by atoms with Crippen molar-refractivity contribution in [2.45, 2.75) is 39.1 Å². The molecule has 0 atom stereocenters. The molecule has 1 aromatic carbocycles. The van der Waals surface area contributed by atoms with E-state index in [1.807, 2.05) is 38.1 Å². The second-order valence-electron chi connectivity index (χ2n) is 5.66. The average molecular weight is 372 g/mol. The molecule has 26 heavy (non-hydrogen) atoms. The topological polar surface area (TPSA) is 76.8 Å². The Kier molecular flexibility index (Phi) is 5.13. The van der Waals surface area contributed by atoms with Gasteiger partial charge in [0.15, 0.2) is 5.82 Å². The third kappa shape index (κ3) is 3.24. The lowest BCUT2D eigenvalue weighted by Gasteiger charge is -2.21. The van der Waals surface area contributed by atoms with Gasteiger partial charge in [-0.25, -0.2) is 4.98 Å². The normalized spacial score (nSPS) is 13.2. The van der Waals surface area contributed by atoms with Gasteiger partial charge in [-0.05, 0) is 43.0 Å². The lowest BCUT2D eigenvalue weighted by atomic mass is 10.2. The molecule has 0 spiro atoms. The van der Waals surface area contributed by atoms with Crippen molar-refractivity contribution in [2.24, 2.45) is 5.10 Å². The van der Waals surface area contributed by atoms with Gasteiger partial charge in [0.2, 0.25) is 11.8 Å². The maximum Gasteiger partial charge on any atom is 0.245 e. The van der Waals surface area contributed by atoms with Crippen LogP contribution in [0.4, 0.5) is 5.82 Å². The Morgan fingerprint density at radius 1 is 1.12 bits per heavy atom. The summed E-state index contributed by atoms with van der Waals surface area (Å²) < 4.78 is 7.02. The summed E-state index contributed by atoms with van der Waals surface area (Å²) in [4.78, 5) is 28.7. The Morgan fingerprint density at radius 2 is 1.81 bits per heavy atom. The van der Waals surface area contributed by atoms with E-state index in [-0.39, 0.29) is 11.8 Å². The molecule has 1 aliphatic heterocycles. The number of thioether (sulfide) groups is 1. The zero-order valence-electron chi connectivity index (χ0n) is 15.1. The molecule has 136 valence electrons. The fraction of sp³-hybridized carbons (Fsp3) is 0.333. The van der Waals surface area contributed by atoms with Crippen molar-refractivity contribution in [2.75, 3.05) is 11.6 Å². The summed E-state index contributed by atoms with van der Waals surface area (Å²) in [6.45, 7) is 7.35. The monoisotopic (exact) mass is 372 g/mol. The number of hydrogen-bond donors (Lipinski definition) is 0. The summed E-state index contributed by atoms with van der Waals surface area (Å²) in [5, 5.41) is 6.95. The molecule has 0 bridgehead atoms. The number of aromatic nitrogens is 2. The van der Waals surface area contributed by atoms with Gasteiger partial charge in [0, 0.05) is 25.8 Å². The van der Waals surface area contributed by atoms with Gasteiger partial charge in [0.25, 0.3) is 0 Å². The molecule has 0 fully saturated rings. The fourth-order valence-corrected chi connectivity index (χ4v) is 3.78. The van der Waals surface area contributed by atoms with E-state index in [0.29, 0.717) is 34.7 Å². The van der Waals surface area contributed by atoms with Crippen LogP contribution in [0.15, 0.2) is 34.4 Å². The van der Waals surface area contributed by atoms with Crippen LogP contribution in [0, 0.1) is 0 Å². The minimum absolute atomic E-state index is 0.139. The van der Waals surface area contributed by atoms with Crippen LogP contribution in [-0.4, -0.2) is 33.0 Å². The predicted octanol–water partition coefficient (Wildman–Crippen LogP) is 3.32. The molecular weight excluding hydrogens is 352 g/mol. The number of benzene rings is 1. The van der Waals surface area contributed by atoms with Gasteiger partial charge in [0.05, 0.1) is 6.61 Å². The van der Waals surface area contributed by atoms with E-state index in [9.17, 15) is 9.59 Å². The third-order valence-corrected chi connectivity index (χ3v) is 4.88. The molecule has 0 unspecified atom stereocenters. The van der Waals surface area contributed by atoms with Crippen molar-refractivity contribution < 1.29 is 14.3 Å². The molecule has 8 heteroatoms. The Labute approximate surface area is 156 Å². The number of aryl methyl sites for hydroxylation is 1. The zero-order valence-corrected chi connectivity index (χ0v) is 16.0. The summed E-state index contributed by atoms with van der Waals surface area (Å²) in [5.41, 5.74) is 0.838. The number of rotatable bonds is 4. The number of ether oxygens (including phenoxy) is 1. The van der Waals surface area contributed by atoms with Crippen molar-refractivity contribution in [1.29, 1.82) is 0 Å². The second-order valence-corrected chi connectivity index (χ2v) is 6.64. The quantitative estimate of drug-likeness (QED) is 0.823. The molecule has 1 aromatic heterocycles. The van der Waals surface area contributed by atoms with E-state index in [2.05, 4.69) is 10.1 Å². The minimum Gasteiger partial charge on any atom is -0.494 e. The largest absolute Gasteiger partial charge is 0.494 e. The van der Waals surface area contributed by atoms with Crippen molar-refractivity contribution in [3.63, 3.8) is 0 Å². The summed E-state index contributed by atoms with van der Waals surface area (Å²) >= 11 is 1.34. The van der Waals surface area contributed by atoms with Crippen molar-refractivity contribution in [3.05, 3.63) is 35.7 Å². The maximum atomic E-state index is 12.1. The zero-order chi connectivity index (χ0) is 18.8. The Morgan fingerprint density at radius 3 is 2.35 bits per heavy atom. The number of carbonyl (C=O) groups is 2. The minimum atomic E-state index is -0.258. The van der Waals surface area contributed by atoms with Gasteiger partial charge in [-0.2, -0.15) is 10.1 Å². The van der Waals surface area contributed by atoms with E-state index in [1.165, 1.54) is 30.6 Å². The van der Waals surface area contributed by atoms with Gasteiger partial charge < -0.3 is 4.74 Å². The summed E-state index contributed by atoms with van der Waals surface area (Å²) in [6.07, 6.45) is 0.581. The summed E-state index contributed by atoms with van der Waals surface area (Å²) in [5.74, 6) is 1.39. The molecule has 7 nitrogen and oxygen atoms in total. The number of anilines is 1. The first-order valence-electron chi connectivity index (χ1n) is 8.39. The van der Waals surface area contributed by atoms with E-state index in [1.54, 1.807) is 4.57 Å². The highest BCUT2D eigenvalue weighted by atomic mass is 32.2. The first-order chi connectivity index (χ1) is 12.5. The lowest BCUT2D eigenvalue weighted by Crippen LogP contribution is -2.28. The van der Waals surface area contributed by atoms with Gasteiger partial charge in [-0.1, -0.05) is 6.92 Å². The van der Waals surface area contributed by atoms with E-state index < -0.39 is 0 Å². The first-order valence-corrected chi connectivity index (χ1v) is 9.20. The molecule has 0 aliphatic carbocycles. The average Bonchev–Trinajstić information content (AvgIpc) is 3.00. The SMILES string of the molecule is CCOc1ccc(C2=NN(C(C)=O)c3nc(CC)n(C(C)=O)c3S2)cc1. The van der Waals surface area contributed by atoms with Gasteiger partial charge in [0.1, 0.15) is 21.6 Å². The summed E-state index contributed by atoms with van der Waals surface area (Å²) in [6, 6.07) is 7.48. The number of fused-ring (bicyclic) bond motifs is 1. The van der Waals surface area contributed by atoms with Crippen LogP contribution in [0.3, 0.4) is 0 Å². The number of hydrazone groups is 1. The third-order valence-electron chi connectivity index (χ3n) is 3.81. The van der Waals surface area contributed by atoms with Gasteiger partial charge in [-0.3, -0.25) is 14.2 Å². The highest BCUT2D eigenvalue weighted by Crippen LogP contribution is 2.38. The van der Waals surface area contributed by atoms with Gasteiger partial charge in [-0.15, -0.1) is 0 Å². The Hall–Kier alpha value is -2.61. The van der Waals surface area contributed by atoms with Crippen LogP contribution >= 0.6 is 11.8 Å². The predicted molar refractivity (Wildman–Crippen MR) is 101 cm³/mol. The molecule has 2 aromatic rings. The molecule has 0 saturated heterocycles.